The topological polar surface area (TPSA) is 49.3 Å². The normalized spacial score (nSPS) is 37.6. The van der Waals surface area contributed by atoms with E-state index in [4.69, 9.17) is 5.11 Å². The molecule has 2 unspecified atom stereocenters. The molecule has 0 aromatic carbocycles. The van der Waals surface area contributed by atoms with Gasteiger partial charge in [0.15, 0.2) is 0 Å². The maximum absolute atomic E-state index is 13.5. The Bertz CT molecular complexity index is 301. The zero-order valence-electron chi connectivity index (χ0n) is 9.09. The summed E-state index contributed by atoms with van der Waals surface area (Å²) in [6.45, 7) is 2.88. The molecule has 89 valence electrons. The van der Waals surface area contributed by atoms with E-state index in [1.807, 2.05) is 0 Å². The van der Waals surface area contributed by atoms with Crippen molar-refractivity contribution in [3.63, 3.8) is 0 Å². The Labute approximate surface area is 118 Å². The van der Waals surface area contributed by atoms with E-state index in [-0.39, 0.29) is 45.6 Å². The fourth-order valence-corrected chi connectivity index (χ4v) is 2.73. The molecule has 0 aromatic heterocycles. The summed E-state index contributed by atoms with van der Waals surface area (Å²) in [7, 11) is 0. The van der Waals surface area contributed by atoms with Gasteiger partial charge < -0.3 is 16.3 Å². The SMILES string of the molecule is C[C-]1CNCCC2(C1)C(C(=O)O)C2(F)F.[Y]. The summed E-state index contributed by atoms with van der Waals surface area (Å²) >= 11 is 0. The molecule has 1 radical (unpaired) electrons. The van der Waals surface area contributed by atoms with E-state index < -0.39 is 23.2 Å². The van der Waals surface area contributed by atoms with Crippen LogP contribution in [0.1, 0.15) is 19.8 Å². The zero-order valence-corrected chi connectivity index (χ0v) is 11.9. The summed E-state index contributed by atoms with van der Waals surface area (Å²) in [6.07, 6.45) is 0.471. The third-order valence-electron chi connectivity index (χ3n) is 3.53. The Kier molecular flexibility index (Phi) is 4.14. The van der Waals surface area contributed by atoms with Gasteiger partial charge in [-0.05, 0) is 13.0 Å². The predicted octanol–water partition coefficient (Wildman–Crippen LogP) is 1.30. The van der Waals surface area contributed by atoms with Gasteiger partial charge in [0.2, 0.25) is 0 Å². The first-order valence-electron chi connectivity index (χ1n) is 5.04. The van der Waals surface area contributed by atoms with Crippen molar-refractivity contribution in [2.24, 2.45) is 11.3 Å². The molecule has 0 bridgehead atoms. The van der Waals surface area contributed by atoms with Crippen LogP contribution in [0.3, 0.4) is 0 Å². The third-order valence-corrected chi connectivity index (χ3v) is 3.53. The van der Waals surface area contributed by atoms with Crippen molar-refractivity contribution in [1.29, 1.82) is 0 Å². The summed E-state index contributed by atoms with van der Waals surface area (Å²) in [5.41, 5.74) is -1.31. The monoisotopic (exact) mass is 307 g/mol. The molecule has 1 aliphatic heterocycles. The van der Waals surface area contributed by atoms with Crippen LogP contribution in [0.25, 0.3) is 0 Å². The van der Waals surface area contributed by atoms with E-state index in [1.165, 1.54) is 0 Å². The minimum Gasteiger partial charge on any atom is -0.481 e. The van der Waals surface area contributed by atoms with Crippen LogP contribution in [-0.2, 0) is 37.5 Å². The second-order valence-corrected chi connectivity index (χ2v) is 4.61. The molecular weight excluding hydrogens is 293 g/mol. The molecule has 0 amide bonds. The Hall–Kier alpha value is 0.394. The van der Waals surface area contributed by atoms with Crippen LogP contribution in [0.2, 0.25) is 0 Å². The van der Waals surface area contributed by atoms with E-state index in [0.29, 0.717) is 13.1 Å². The van der Waals surface area contributed by atoms with Crippen molar-refractivity contribution in [2.45, 2.75) is 25.7 Å². The summed E-state index contributed by atoms with van der Waals surface area (Å²) < 4.78 is 27.0. The molecule has 1 saturated heterocycles. The van der Waals surface area contributed by atoms with E-state index >= 15 is 0 Å². The van der Waals surface area contributed by atoms with Crippen molar-refractivity contribution >= 4 is 5.97 Å². The first-order valence-corrected chi connectivity index (χ1v) is 5.04. The van der Waals surface area contributed by atoms with Gasteiger partial charge in [-0.3, -0.25) is 4.79 Å². The quantitative estimate of drug-likeness (QED) is 0.718. The van der Waals surface area contributed by atoms with E-state index in [0.717, 1.165) is 5.92 Å². The number of hydrogen-bond acceptors (Lipinski definition) is 2. The number of hydrogen-bond donors (Lipinski definition) is 2. The van der Waals surface area contributed by atoms with Crippen molar-refractivity contribution in [3.05, 3.63) is 5.92 Å². The van der Waals surface area contributed by atoms with Crippen LogP contribution in [0.4, 0.5) is 8.78 Å². The van der Waals surface area contributed by atoms with E-state index in [1.54, 1.807) is 6.92 Å². The number of rotatable bonds is 1. The number of nitrogens with one attached hydrogen (secondary N) is 1. The zero-order chi connectivity index (χ0) is 11.3. The molecule has 1 spiro atoms. The van der Waals surface area contributed by atoms with Gasteiger partial charge in [-0.15, -0.1) is 6.54 Å². The first kappa shape index (κ1) is 14.5. The van der Waals surface area contributed by atoms with Crippen molar-refractivity contribution < 1.29 is 51.4 Å². The molecule has 1 aliphatic carbocycles. The van der Waals surface area contributed by atoms with Crippen LogP contribution in [0.5, 0.6) is 0 Å². The van der Waals surface area contributed by atoms with Crippen LogP contribution in [0, 0.1) is 17.3 Å². The molecule has 2 rings (SSSR count). The largest absolute Gasteiger partial charge is 0.481 e. The van der Waals surface area contributed by atoms with Crippen molar-refractivity contribution in [2.75, 3.05) is 13.1 Å². The summed E-state index contributed by atoms with van der Waals surface area (Å²) in [5.74, 6) is -4.97. The van der Waals surface area contributed by atoms with Gasteiger partial charge in [-0.25, -0.2) is 8.78 Å². The number of carboxylic acid groups (broad SMARTS) is 1. The van der Waals surface area contributed by atoms with Crippen LogP contribution in [0.15, 0.2) is 0 Å². The Morgan fingerprint density at radius 3 is 2.69 bits per heavy atom. The first-order chi connectivity index (χ1) is 6.92. The van der Waals surface area contributed by atoms with Crippen LogP contribution in [-0.4, -0.2) is 30.1 Å². The van der Waals surface area contributed by atoms with Crippen molar-refractivity contribution in [1.82, 2.24) is 5.32 Å². The van der Waals surface area contributed by atoms with E-state index in [9.17, 15) is 13.6 Å². The second kappa shape index (κ2) is 4.58. The molecule has 3 nitrogen and oxygen atoms in total. The van der Waals surface area contributed by atoms with Crippen LogP contribution < -0.4 is 5.32 Å². The number of alkyl halides is 2. The van der Waals surface area contributed by atoms with Gasteiger partial charge in [-0.1, -0.05) is 0 Å². The van der Waals surface area contributed by atoms with Crippen LogP contribution >= 0.6 is 0 Å². The summed E-state index contributed by atoms with van der Waals surface area (Å²) in [6, 6.07) is 0. The van der Waals surface area contributed by atoms with Gasteiger partial charge >= 0.3 is 5.97 Å². The van der Waals surface area contributed by atoms with E-state index in [2.05, 4.69) is 5.32 Å². The minimum absolute atomic E-state index is 0. The minimum atomic E-state index is -3.04. The molecule has 1 heterocycles. The Morgan fingerprint density at radius 2 is 2.19 bits per heavy atom. The Morgan fingerprint density at radius 1 is 1.56 bits per heavy atom. The molecule has 6 heteroatoms. The van der Waals surface area contributed by atoms with Gasteiger partial charge in [0.25, 0.3) is 5.92 Å². The van der Waals surface area contributed by atoms with Gasteiger partial charge in [0, 0.05) is 38.1 Å². The standard InChI is InChI=1S/C10H14F2NO2.Y/c1-6-4-9(2-3-13-5-6)7(8(14)15)10(9,11)12;/h7,13H,2-5H2,1H3,(H,14,15);/q-1;. The molecule has 2 atom stereocenters. The molecule has 2 fully saturated rings. The Balaban J connectivity index is 0.00000128. The van der Waals surface area contributed by atoms with Crippen molar-refractivity contribution in [3.8, 4) is 0 Å². The molecular formula is C10H14F2NO2Y-. The van der Waals surface area contributed by atoms with Gasteiger partial charge in [0.1, 0.15) is 5.92 Å². The molecule has 0 aromatic rings. The molecule has 16 heavy (non-hydrogen) atoms. The van der Waals surface area contributed by atoms with Gasteiger partial charge in [0.05, 0.1) is 0 Å². The molecule has 1 saturated carbocycles. The predicted molar refractivity (Wildman–Crippen MR) is 49.5 cm³/mol. The summed E-state index contributed by atoms with van der Waals surface area (Å²) in [4.78, 5) is 10.8. The summed E-state index contributed by atoms with van der Waals surface area (Å²) in [5, 5.41) is 11.8. The second-order valence-electron chi connectivity index (χ2n) is 4.61. The smallest absolute Gasteiger partial charge is 0.313 e. The third kappa shape index (κ3) is 1.95. The average molecular weight is 307 g/mol. The molecule has 2 aliphatic rings. The fraction of sp³-hybridized carbons (Fsp3) is 0.800. The number of carboxylic acids is 1. The fourth-order valence-electron chi connectivity index (χ4n) is 2.73. The number of halogens is 2. The maximum atomic E-state index is 13.5. The maximum Gasteiger partial charge on any atom is 0.313 e. The molecule has 2 N–H and O–H groups in total. The average Bonchev–Trinajstić information content (AvgIpc) is 2.63. The number of carbonyl (C=O) groups is 1. The number of aliphatic carboxylic acids is 1. The van der Waals surface area contributed by atoms with Gasteiger partial charge in [-0.2, -0.15) is 13.3 Å².